The molecule has 1 rings (SSSR count). The summed E-state index contributed by atoms with van der Waals surface area (Å²) in [6.45, 7) is 6.52. The van der Waals surface area contributed by atoms with E-state index in [9.17, 15) is 4.79 Å². The van der Waals surface area contributed by atoms with Crippen molar-refractivity contribution in [2.24, 2.45) is 0 Å². The molecular weight excluding hydrogens is 224 g/mol. The predicted molar refractivity (Wildman–Crippen MR) is 75.2 cm³/mol. The second-order valence-electron chi connectivity index (χ2n) is 4.33. The number of Topliss-reactive ketones (excluding diaryl/α,β-unsaturated/α-hetero) is 1. The smallest absolute Gasteiger partial charge is 0.162 e. The lowest BCUT2D eigenvalue weighted by Crippen LogP contribution is -2.00. The van der Waals surface area contributed by atoms with Gasteiger partial charge in [0, 0.05) is 12.0 Å². The van der Waals surface area contributed by atoms with Crippen molar-refractivity contribution in [3.05, 3.63) is 42.5 Å². The van der Waals surface area contributed by atoms with Crippen LogP contribution in [0, 0.1) is 0 Å². The van der Waals surface area contributed by atoms with Gasteiger partial charge in [-0.25, -0.2) is 0 Å². The quantitative estimate of drug-likeness (QED) is 0.366. The first-order valence-electron chi connectivity index (χ1n) is 6.65. The van der Waals surface area contributed by atoms with Crippen molar-refractivity contribution in [3.63, 3.8) is 0 Å². The molecule has 0 aliphatic heterocycles. The van der Waals surface area contributed by atoms with E-state index in [1.807, 2.05) is 30.3 Å². The highest BCUT2D eigenvalue weighted by atomic mass is 16.5. The van der Waals surface area contributed by atoms with Crippen molar-refractivity contribution in [2.75, 3.05) is 6.61 Å². The van der Waals surface area contributed by atoms with E-state index in [1.165, 1.54) is 0 Å². The van der Waals surface area contributed by atoms with Crippen molar-refractivity contribution >= 4 is 5.78 Å². The first-order valence-corrected chi connectivity index (χ1v) is 6.65. The van der Waals surface area contributed by atoms with E-state index >= 15 is 0 Å². The maximum absolute atomic E-state index is 11.8. The van der Waals surface area contributed by atoms with Crippen molar-refractivity contribution in [2.45, 2.75) is 39.0 Å². The molecule has 0 aliphatic rings. The normalized spacial score (nSPS) is 10.1. The van der Waals surface area contributed by atoms with Crippen LogP contribution < -0.4 is 4.74 Å². The topological polar surface area (TPSA) is 26.3 Å². The standard InChI is InChI=1S/C16H22O2/c1-3-5-7-8-16(17)14-9-11-15(12-10-14)18-13-6-4-2/h3,9-12H,1,4-8,13H2,2H3. The third-order valence-electron chi connectivity index (χ3n) is 2.75. The SMILES string of the molecule is C=CCCCC(=O)c1ccc(OCCCC)cc1. The van der Waals surface area contributed by atoms with Crippen molar-refractivity contribution < 1.29 is 9.53 Å². The number of ether oxygens (including phenoxy) is 1. The van der Waals surface area contributed by atoms with Gasteiger partial charge in [-0.1, -0.05) is 19.4 Å². The summed E-state index contributed by atoms with van der Waals surface area (Å²) >= 11 is 0. The van der Waals surface area contributed by atoms with Crippen molar-refractivity contribution in [1.29, 1.82) is 0 Å². The minimum atomic E-state index is 0.192. The van der Waals surface area contributed by atoms with Crippen LogP contribution in [0.5, 0.6) is 5.75 Å². The molecule has 0 atom stereocenters. The van der Waals surface area contributed by atoms with Crippen LogP contribution in [0.25, 0.3) is 0 Å². The predicted octanol–water partition coefficient (Wildman–Crippen LogP) is 4.40. The average molecular weight is 246 g/mol. The van der Waals surface area contributed by atoms with Gasteiger partial charge >= 0.3 is 0 Å². The van der Waals surface area contributed by atoms with Gasteiger partial charge in [0.25, 0.3) is 0 Å². The van der Waals surface area contributed by atoms with E-state index in [1.54, 1.807) is 0 Å². The van der Waals surface area contributed by atoms with Crippen LogP contribution >= 0.6 is 0 Å². The van der Waals surface area contributed by atoms with E-state index in [-0.39, 0.29) is 5.78 Å². The number of carbonyl (C=O) groups excluding carboxylic acids is 1. The Morgan fingerprint density at radius 3 is 2.61 bits per heavy atom. The van der Waals surface area contributed by atoms with Gasteiger partial charge in [-0.05, 0) is 43.5 Å². The van der Waals surface area contributed by atoms with E-state index in [4.69, 9.17) is 4.74 Å². The summed E-state index contributed by atoms with van der Waals surface area (Å²) in [5, 5.41) is 0. The fraction of sp³-hybridized carbons (Fsp3) is 0.438. The Morgan fingerprint density at radius 2 is 2.00 bits per heavy atom. The summed E-state index contributed by atoms with van der Waals surface area (Å²) < 4.78 is 5.56. The molecule has 0 unspecified atom stereocenters. The molecule has 0 aromatic heterocycles. The fourth-order valence-corrected chi connectivity index (χ4v) is 1.62. The van der Waals surface area contributed by atoms with Gasteiger partial charge in [-0.2, -0.15) is 0 Å². The fourth-order valence-electron chi connectivity index (χ4n) is 1.62. The molecule has 0 aliphatic carbocycles. The molecule has 0 heterocycles. The highest BCUT2D eigenvalue weighted by Gasteiger charge is 2.05. The Morgan fingerprint density at radius 1 is 1.28 bits per heavy atom. The lowest BCUT2D eigenvalue weighted by molar-refractivity contribution is 0.0980. The molecule has 0 saturated heterocycles. The van der Waals surface area contributed by atoms with Crippen LogP contribution in [-0.2, 0) is 0 Å². The number of rotatable bonds is 9. The molecule has 0 saturated carbocycles. The van der Waals surface area contributed by atoms with Crippen LogP contribution in [0.3, 0.4) is 0 Å². The van der Waals surface area contributed by atoms with Gasteiger partial charge in [-0.15, -0.1) is 6.58 Å². The maximum Gasteiger partial charge on any atom is 0.162 e. The van der Waals surface area contributed by atoms with Crippen LogP contribution in [-0.4, -0.2) is 12.4 Å². The Labute approximate surface area is 110 Å². The van der Waals surface area contributed by atoms with Crippen LogP contribution in [0.15, 0.2) is 36.9 Å². The molecule has 1 aromatic carbocycles. The molecule has 0 fully saturated rings. The summed E-state index contributed by atoms with van der Waals surface area (Å²) in [5.74, 6) is 1.03. The Bertz CT molecular complexity index is 365. The number of hydrogen-bond donors (Lipinski definition) is 0. The molecule has 0 bridgehead atoms. The van der Waals surface area contributed by atoms with E-state index in [0.29, 0.717) is 6.42 Å². The third kappa shape index (κ3) is 5.17. The number of allylic oxidation sites excluding steroid dienone is 1. The maximum atomic E-state index is 11.8. The third-order valence-corrected chi connectivity index (χ3v) is 2.75. The molecule has 1 aromatic rings. The minimum Gasteiger partial charge on any atom is -0.494 e. The number of benzene rings is 1. The second kappa shape index (κ2) is 8.51. The monoisotopic (exact) mass is 246 g/mol. The van der Waals surface area contributed by atoms with Gasteiger partial charge in [0.15, 0.2) is 5.78 Å². The largest absolute Gasteiger partial charge is 0.494 e. The zero-order chi connectivity index (χ0) is 13.2. The number of unbranched alkanes of at least 4 members (excludes halogenated alkanes) is 2. The molecule has 0 spiro atoms. The summed E-state index contributed by atoms with van der Waals surface area (Å²) in [4.78, 5) is 11.8. The Hall–Kier alpha value is -1.57. The second-order valence-corrected chi connectivity index (χ2v) is 4.33. The summed E-state index contributed by atoms with van der Waals surface area (Å²) in [5.41, 5.74) is 0.766. The Kier molecular flexibility index (Phi) is 6.85. The van der Waals surface area contributed by atoms with Crippen LogP contribution in [0.2, 0.25) is 0 Å². The molecule has 2 nitrogen and oxygen atoms in total. The average Bonchev–Trinajstić information content (AvgIpc) is 2.40. The molecule has 0 N–H and O–H groups in total. The lowest BCUT2D eigenvalue weighted by atomic mass is 10.1. The van der Waals surface area contributed by atoms with Crippen LogP contribution in [0.4, 0.5) is 0 Å². The van der Waals surface area contributed by atoms with Crippen molar-refractivity contribution in [1.82, 2.24) is 0 Å². The van der Waals surface area contributed by atoms with E-state index in [0.717, 1.165) is 43.6 Å². The first-order chi connectivity index (χ1) is 8.77. The minimum absolute atomic E-state index is 0.192. The molecule has 2 heteroatoms. The zero-order valence-electron chi connectivity index (χ0n) is 11.2. The Balaban J connectivity index is 2.43. The van der Waals surface area contributed by atoms with Gasteiger partial charge in [0.05, 0.1) is 6.61 Å². The number of hydrogen-bond acceptors (Lipinski definition) is 2. The number of carbonyl (C=O) groups is 1. The van der Waals surface area contributed by atoms with E-state index in [2.05, 4.69) is 13.5 Å². The van der Waals surface area contributed by atoms with Crippen molar-refractivity contribution in [3.8, 4) is 5.75 Å². The highest BCUT2D eigenvalue weighted by molar-refractivity contribution is 5.96. The zero-order valence-corrected chi connectivity index (χ0v) is 11.2. The summed E-state index contributed by atoms with van der Waals surface area (Å²) in [7, 11) is 0. The first kappa shape index (κ1) is 14.5. The van der Waals surface area contributed by atoms with Gasteiger partial charge < -0.3 is 4.74 Å². The number of ketones is 1. The molecule has 98 valence electrons. The van der Waals surface area contributed by atoms with Gasteiger partial charge in [0.2, 0.25) is 0 Å². The lowest BCUT2D eigenvalue weighted by Gasteiger charge is -2.06. The van der Waals surface area contributed by atoms with Gasteiger partial charge in [0.1, 0.15) is 5.75 Å². The molecule has 0 radical (unpaired) electrons. The molecule has 18 heavy (non-hydrogen) atoms. The highest BCUT2D eigenvalue weighted by Crippen LogP contribution is 2.14. The summed E-state index contributed by atoms with van der Waals surface area (Å²) in [6, 6.07) is 7.43. The van der Waals surface area contributed by atoms with E-state index < -0.39 is 0 Å². The van der Waals surface area contributed by atoms with Gasteiger partial charge in [-0.3, -0.25) is 4.79 Å². The molecule has 0 amide bonds. The molecular formula is C16H22O2. The van der Waals surface area contributed by atoms with Crippen LogP contribution in [0.1, 0.15) is 49.4 Å². The summed E-state index contributed by atoms with van der Waals surface area (Å²) in [6.07, 6.45) is 6.38.